The first-order chi connectivity index (χ1) is 12.3. The van der Waals surface area contributed by atoms with Crippen molar-refractivity contribution >= 4 is 12.2 Å². The number of carbonyl (C=O) groups is 2. The van der Waals surface area contributed by atoms with Crippen molar-refractivity contribution in [2.75, 3.05) is 26.2 Å². The molecule has 2 atom stereocenters. The Morgan fingerprint density at radius 1 is 1.15 bits per heavy atom. The van der Waals surface area contributed by atoms with Crippen molar-refractivity contribution in [2.45, 2.75) is 45.1 Å². The Hall–Kier alpha value is -2.28. The molecule has 26 heavy (non-hydrogen) atoms. The average molecular weight is 362 g/mol. The lowest BCUT2D eigenvalue weighted by atomic mass is 10.1. The van der Waals surface area contributed by atoms with Crippen LogP contribution in [0.1, 0.15) is 26.3 Å². The van der Waals surface area contributed by atoms with Crippen LogP contribution in [0.2, 0.25) is 0 Å². The number of hydrogen-bond acceptors (Lipinski definition) is 5. The van der Waals surface area contributed by atoms with E-state index in [9.17, 15) is 9.59 Å². The van der Waals surface area contributed by atoms with Crippen LogP contribution in [0.5, 0.6) is 0 Å². The van der Waals surface area contributed by atoms with Gasteiger partial charge in [0.2, 0.25) is 0 Å². The van der Waals surface area contributed by atoms with Gasteiger partial charge in [0.1, 0.15) is 12.2 Å². The number of morpholine rings is 1. The SMILES string of the molecule is CC(C)(C)OC(=O)N1C[C@@H]2OCCN(C(=O)OCc3ccccc3)[C@@H]2C1. The fraction of sp³-hybridized carbons (Fsp3) is 0.579. The number of ether oxygens (including phenoxy) is 3. The van der Waals surface area contributed by atoms with Crippen LogP contribution >= 0.6 is 0 Å². The maximum Gasteiger partial charge on any atom is 0.410 e. The third-order valence-electron chi connectivity index (χ3n) is 4.39. The van der Waals surface area contributed by atoms with Crippen LogP contribution in [0.25, 0.3) is 0 Å². The molecule has 1 aromatic carbocycles. The highest BCUT2D eigenvalue weighted by molar-refractivity contribution is 5.71. The normalized spacial score (nSPS) is 22.7. The lowest BCUT2D eigenvalue weighted by Crippen LogP contribution is -2.53. The first-order valence-electron chi connectivity index (χ1n) is 8.90. The number of hydrogen-bond donors (Lipinski definition) is 0. The molecule has 2 fully saturated rings. The highest BCUT2D eigenvalue weighted by atomic mass is 16.6. The molecule has 3 rings (SSSR count). The summed E-state index contributed by atoms with van der Waals surface area (Å²) in [4.78, 5) is 28.1. The number of fused-ring (bicyclic) bond motifs is 1. The summed E-state index contributed by atoms with van der Waals surface area (Å²) in [6.45, 7) is 7.42. The molecule has 0 spiro atoms. The van der Waals surface area contributed by atoms with Crippen LogP contribution in [0.15, 0.2) is 30.3 Å². The van der Waals surface area contributed by atoms with E-state index >= 15 is 0 Å². The summed E-state index contributed by atoms with van der Waals surface area (Å²) in [6, 6.07) is 9.35. The van der Waals surface area contributed by atoms with E-state index in [-0.39, 0.29) is 30.9 Å². The Balaban J connectivity index is 1.59. The molecule has 2 saturated heterocycles. The zero-order chi connectivity index (χ0) is 18.7. The summed E-state index contributed by atoms with van der Waals surface area (Å²) in [5.41, 5.74) is 0.382. The average Bonchev–Trinajstić information content (AvgIpc) is 3.03. The summed E-state index contributed by atoms with van der Waals surface area (Å²) in [6.07, 6.45) is -0.966. The lowest BCUT2D eigenvalue weighted by Gasteiger charge is -2.35. The van der Waals surface area contributed by atoms with Gasteiger partial charge in [-0.2, -0.15) is 0 Å². The van der Waals surface area contributed by atoms with E-state index in [4.69, 9.17) is 14.2 Å². The van der Waals surface area contributed by atoms with Crippen molar-refractivity contribution in [1.29, 1.82) is 0 Å². The molecule has 142 valence electrons. The van der Waals surface area contributed by atoms with E-state index in [2.05, 4.69) is 0 Å². The molecule has 2 heterocycles. The molecule has 0 saturated carbocycles. The molecule has 1 aromatic rings. The van der Waals surface area contributed by atoms with Gasteiger partial charge in [-0.25, -0.2) is 9.59 Å². The minimum atomic E-state index is -0.556. The summed E-state index contributed by atoms with van der Waals surface area (Å²) in [7, 11) is 0. The predicted molar refractivity (Wildman–Crippen MR) is 94.7 cm³/mol. The monoisotopic (exact) mass is 362 g/mol. The Kier molecular flexibility index (Phi) is 5.36. The maximum absolute atomic E-state index is 12.5. The van der Waals surface area contributed by atoms with Gasteiger partial charge in [0.15, 0.2) is 0 Å². The van der Waals surface area contributed by atoms with Crippen molar-refractivity contribution in [3.05, 3.63) is 35.9 Å². The molecule has 2 amide bonds. The Morgan fingerprint density at radius 3 is 2.58 bits per heavy atom. The topological polar surface area (TPSA) is 68.3 Å². The molecule has 7 heteroatoms. The van der Waals surface area contributed by atoms with Gasteiger partial charge in [-0.15, -0.1) is 0 Å². The molecule has 7 nitrogen and oxygen atoms in total. The van der Waals surface area contributed by atoms with Gasteiger partial charge < -0.3 is 19.1 Å². The minimum absolute atomic E-state index is 0.208. The van der Waals surface area contributed by atoms with E-state index in [0.717, 1.165) is 5.56 Å². The Labute approximate surface area is 153 Å². The van der Waals surface area contributed by atoms with Gasteiger partial charge in [0.25, 0.3) is 0 Å². The zero-order valence-electron chi connectivity index (χ0n) is 15.5. The number of carbonyl (C=O) groups excluding carboxylic acids is 2. The molecule has 0 aromatic heterocycles. The van der Waals surface area contributed by atoms with Crippen molar-refractivity contribution in [3.63, 3.8) is 0 Å². The van der Waals surface area contributed by atoms with Gasteiger partial charge in [-0.05, 0) is 26.3 Å². The van der Waals surface area contributed by atoms with Gasteiger partial charge >= 0.3 is 12.2 Å². The summed E-state index contributed by atoms with van der Waals surface area (Å²) in [5, 5.41) is 0. The van der Waals surface area contributed by atoms with Crippen LogP contribution < -0.4 is 0 Å². The molecule has 0 aliphatic carbocycles. The van der Waals surface area contributed by atoms with E-state index < -0.39 is 5.60 Å². The number of nitrogens with zero attached hydrogens (tertiary/aromatic N) is 2. The molecule has 0 radical (unpaired) electrons. The fourth-order valence-corrected chi connectivity index (χ4v) is 3.19. The number of likely N-dealkylation sites (tertiary alicyclic amines) is 1. The third-order valence-corrected chi connectivity index (χ3v) is 4.39. The molecule has 2 aliphatic rings. The van der Waals surface area contributed by atoms with Crippen molar-refractivity contribution < 1.29 is 23.8 Å². The van der Waals surface area contributed by atoms with Gasteiger partial charge in [0, 0.05) is 13.1 Å². The highest BCUT2D eigenvalue weighted by Crippen LogP contribution is 2.25. The second-order valence-corrected chi connectivity index (χ2v) is 7.60. The first-order valence-corrected chi connectivity index (χ1v) is 8.90. The van der Waals surface area contributed by atoms with Gasteiger partial charge in [-0.3, -0.25) is 4.90 Å². The lowest BCUT2D eigenvalue weighted by molar-refractivity contribution is -0.0447. The third kappa shape index (κ3) is 4.46. The molecular weight excluding hydrogens is 336 g/mol. The minimum Gasteiger partial charge on any atom is -0.445 e. The standard InChI is InChI=1S/C19H26N2O5/c1-19(2,3)26-17(22)20-11-15-16(12-20)24-10-9-21(15)18(23)25-13-14-7-5-4-6-8-14/h4-8,15-16H,9-13H2,1-3H3/t15-,16+/m1/s1. The highest BCUT2D eigenvalue weighted by Gasteiger charge is 2.45. The van der Waals surface area contributed by atoms with Crippen LogP contribution in [-0.2, 0) is 20.8 Å². The van der Waals surface area contributed by atoms with Crippen molar-refractivity contribution in [3.8, 4) is 0 Å². The van der Waals surface area contributed by atoms with E-state index in [1.807, 2.05) is 51.1 Å². The molecule has 2 aliphatic heterocycles. The Bertz CT molecular complexity index is 643. The van der Waals surface area contributed by atoms with Crippen LogP contribution in [0, 0.1) is 0 Å². The maximum atomic E-state index is 12.5. The van der Waals surface area contributed by atoms with E-state index in [1.54, 1.807) is 9.80 Å². The van der Waals surface area contributed by atoms with Crippen LogP contribution in [-0.4, -0.2) is 66.0 Å². The molecular formula is C19H26N2O5. The summed E-state index contributed by atoms with van der Waals surface area (Å²) in [5.74, 6) is 0. The smallest absolute Gasteiger partial charge is 0.410 e. The van der Waals surface area contributed by atoms with Crippen LogP contribution in [0.3, 0.4) is 0 Å². The molecule has 0 N–H and O–H groups in total. The quantitative estimate of drug-likeness (QED) is 0.809. The fourth-order valence-electron chi connectivity index (χ4n) is 3.19. The second kappa shape index (κ2) is 7.53. The first kappa shape index (κ1) is 18.5. The number of benzene rings is 1. The van der Waals surface area contributed by atoms with Gasteiger partial charge in [-0.1, -0.05) is 30.3 Å². The number of rotatable bonds is 2. The molecule has 0 unspecified atom stereocenters. The van der Waals surface area contributed by atoms with Crippen molar-refractivity contribution in [2.24, 2.45) is 0 Å². The number of amides is 2. The largest absolute Gasteiger partial charge is 0.445 e. The second-order valence-electron chi connectivity index (χ2n) is 7.60. The van der Waals surface area contributed by atoms with E-state index in [0.29, 0.717) is 26.2 Å². The van der Waals surface area contributed by atoms with E-state index in [1.165, 1.54) is 0 Å². The predicted octanol–water partition coefficient (Wildman–Crippen LogP) is 2.64. The van der Waals surface area contributed by atoms with Crippen molar-refractivity contribution in [1.82, 2.24) is 9.80 Å². The van der Waals surface area contributed by atoms with Gasteiger partial charge in [0.05, 0.1) is 25.3 Å². The van der Waals surface area contributed by atoms with Crippen LogP contribution in [0.4, 0.5) is 9.59 Å². The Morgan fingerprint density at radius 2 is 1.88 bits per heavy atom. The molecule has 0 bridgehead atoms. The summed E-state index contributed by atoms with van der Waals surface area (Å²) >= 11 is 0. The zero-order valence-corrected chi connectivity index (χ0v) is 15.5. The summed E-state index contributed by atoms with van der Waals surface area (Å²) < 4.78 is 16.6.